The number of aromatic hydroxyl groups is 2. The summed E-state index contributed by atoms with van der Waals surface area (Å²) < 4.78 is 0. The summed E-state index contributed by atoms with van der Waals surface area (Å²) in [6.45, 7) is 0. The maximum atomic E-state index is 9.60. The van der Waals surface area contributed by atoms with E-state index in [9.17, 15) is 10.2 Å². The number of hydrogen-bond donors (Lipinski definition) is 3. The van der Waals surface area contributed by atoms with Crippen LogP contribution < -0.4 is 0 Å². The summed E-state index contributed by atoms with van der Waals surface area (Å²) in [5, 5.41) is 28.1. The van der Waals surface area contributed by atoms with Crippen molar-refractivity contribution in [2.75, 3.05) is 0 Å². The van der Waals surface area contributed by atoms with E-state index in [0.29, 0.717) is 12.8 Å². The van der Waals surface area contributed by atoms with Crippen LogP contribution in [0.3, 0.4) is 0 Å². The van der Waals surface area contributed by atoms with Crippen molar-refractivity contribution in [1.82, 2.24) is 0 Å². The number of benzene rings is 1. The van der Waals surface area contributed by atoms with Gasteiger partial charge in [-0.15, -0.1) is 0 Å². The zero-order chi connectivity index (χ0) is 10.2. The first kappa shape index (κ1) is 9.34. The average Bonchev–Trinajstić information content (AvgIpc) is 2.83. The van der Waals surface area contributed by atoms with Crippen LogP contribution in [0.5, 0.6) is 11.5 Å². The van der Waals surface area contributed by atoms with Crippen LogP contribution in [0.1, 0.15) is 24.8 Å². The molecule has 0 heterocycles. The van der Waals surface area contributed by atoms with E-state index in [1.54, 1.807) is 12.1 Å². The fraction of sp³-hybridized carbons (Fsp3) is 0.455. The number of phenols is 2. The molecule has 1 aromatic rings. The first-order valence-electron chi connectivity index (χ1n) is 4.82. The molecule has 0 aliphatic heterocycles. The standard InChI is InChI=1S/C11H14O3/c12-9-2-1-8(10(13)7-9)3-4-11(14)5-6-11/h1-2,7,12-14H,3-6H2. The summed E-state index contributed by atoms with van der Waals surface area (Å²) >= 11 is 0. The van der Waals surface area contributed by atoms with Gasteiger partial charge < -0.3 is 15.3 Å². The Balaban J connectivity index is 2.02. The molecule has 1 fully saturated rings. The van der Waals surface area contributed by atoms with Crippen LogP contribution in [0.25, 0.3) is 0 Å². The summed E-state index contributed by atoms with van der Waals surface area (Å²) in [7, 11) is 0. The number of rotatable bonds is 3. The van der Waals surface area contributed by atoms with Gasteiger partial charge in [-0.3, -0.25) is 0 Å². The number of aliphatic hydroxyl groups is 1. The lowest BCUT2D eigenvalue weighted by Gasteiger charge is -2.08. The molecule has 0 spiro atoms. The molecule has 0 atom stereocenters. The summed E-state index contributed by atoms with van der Waals surface area (Å²) in [6.07, 6.45) is 3.08. The van der Waals surface area contributed by atoms with Crippen molar-refractivity contribution >= 4 is 0 Å². The summed E-state index contributed by atoms with van der Waals surface area (Å²) in [6, 6.07) is 4.56. The van der Waals surface area contributed by atoms with E-state index >= 15 is 0 Å². The second-order valence-electron chi connectivity index (χ2n) is 4.04. The van der Waals surface area contributed by atoms with E-state index < -0.39 is 5.60 Å². The Kier molecular flexibility index (Phi) is 2.11. The molecule has 14 heavy (non-hydrogen) atoms. The predicted molar refractivity (Wildman–Crippen MR) is 52.3 cm³/mol. The molecule has 1 aliphatic carbocycles. The van der Waals surface area contributed by atoms with Crippen LogP contribution >= 0.6 is 0 Å². The maximum absolute atomic E-state index is 9.60. The molecule has 0 radical (unpaired) electrons. The highest BCUT2D eigenvalue weighted by atomic mass is 16.3. The van der Waals surface area contributed by atoms with Gasteiger partial charge in [0, 0.05) is 6.07 Å². The molecule has 0 unspecified atom stereocenters. The lowest BCUT2D eigenvalue weighted by Crippen LogP contribution is -2.07. The molecule has 3 N–H and O–H groups in total. The summed E-state index contributed by atoms with van der Waals surface area (Å²) in [5.41, 5.74) is 0.299. The molecule has 0 bridgehead atoms. The van der Waals surface area contributed by atoms with E-state index in [-0.39, 0.29) is 11.5 Å². The van der Waals surface area contributed by atoms with E-state index in [4.69, 9.17) is 5.11 Å². The topological polar surface area (TPSA) is 60.7 Å². The van der Waals surface area contributed by atoms with Gasteiger partial charge in [-0.2, -0.15) is 0 Å². The first-order chi connectivity index (χ1) is 6.59. The maximum Gasteiger partial charge on any atom is 0.122 e. The van der Waals surface area contributed by atoms with E-state index in [0.717, 1.165) is 18.4 Å². The van der Waals surface area contributed by atoms with Crippen molar-refractivity contribution in [3.8, 4) is 11.5 Å². The van der Waals surface area contributed by atoms with E-state index in [1.807, 2.05) is 0 Å². The zero-order valence-corrected chi connectivity index (χ0v) is 7.90. The summed E-state index contributed by atoms with van der Waals surface area (Å²) in [5.74, 6) is 0.172. The largest absolute Gasteiger partial charge is 0.508 e. The van der Waals surface area contributed by atoms with Gasteiger partial charge in [0.15, 0.2) is 0 Å². The van der Waals surface area contributed by atoms with Gasteiger partial charge in [0.25, 0.3) is 0 Å². The molecule has 1 saturated carbocycles. The van der Waals surface area contributed by atoms with Crippen molar-refractivity contribution in [3.63, 3.8) is 0 Å². The molecular weight excluding hydrogens is 180 g/mol. The molecule has 1 aliphatic rings. The molecule has 0 aromatic heterocycles. The van der Waals surface area contributed by atoms with Gasteiger partial charge >= 0.3 is 0 Å². The smallest absolute Gasteiger partial charge is 0.122 e. The van der Waals surface area contributed by atoms with Crippen LogP contribution in [0, 0.1) is 0 Å². The SMILES string of the molecule is Oc1ccc(CCC2(O)CC2)c(O)c1. The van der Waals surface area contributed by atoms with Gasteiger partial charge in [0.1, 0.15) is 11.5 Å². The fourth-order valence-electron chi connectivity index (χ4n) is 1.53. The van der Waals surface area contributed by atoms with Crippen LogP contribution in [-0.4, -0.2) is 20.9 Å². The highest BCUT2D eigenvalue weighted by Crippen LogP contribution is 2.40. The molecule has 3 nitrogen and oxygen atoms in total. The average molecular weight is 194 g/mol. The van der Waals surface area contributed by atoms with Crippen molar-refractivity contribution in [2.24, 2.45) is 0 Å². The Morgan fingerprint density at radius 2 is 1.93 bits per heavy atom. The van der Waals surface area contributed by atoms with Crippen LogP contribution in [-0.2, 0) is 6.42 Å². The Morgan fingerprint density at radius 1 is 1.21 bits per heavy atom. The van der Waals surface area contributed by atoms with Gasteiger partial charge in [-0.1, -0.05) is 6.07 Å². The quantitative estimate of drug-likeness (QED) is 0.684. The Bertz CT molecular complexity index is 342. The Hall–Kier alpha value is -1.22. The molecule has 0 saturated heterocycles. The van der Waals surface area contributed by atoms with Gasteiger partial charge in [-0.05, 0) is 37.3 Å². The van der Waals surface area contributed by atoms with Crippen LogP contribution in [0.15, 0.2) is 18.2 Å². The molecule has 1 aromatic carbocycles. The third kappa shape index (κ3) is 1.99. The lowest BCUT2D eigenvalue weighted by molar-refractivity contribution is 0.140. The van der Waals surface area contributed by atoms with Gasteiger partial charge in [-0.25, -0.2) is 0 Å². The monoisotopic (exact) mass is 194 g/mol. The van der Waals surface area contributed by atoms with Crippen LogP contribution in [0.2, 0.25) is 0 Å². The third-order valence-corrected chi connectivity index (χ3v) is 2.76. The number of phenolic OH excluding ortho intramolecular Hbond substituents is 2. The Labute approximate surface area is 82.6 Å². The van der Waals surface area contributed by atoms with Crippen molar-refractivity contribution < 1.29 is 15.3 Å². The fourth-order valence-corrected chi connectivity index (χ4v) is 1.53. The van der Waals surface area contributed by atoms with Crippen molar-refractivity contribution in [1.29, 1.82) is 0 Å². The molecule has 3 heteroatoms. The molecule has 2 rings (SSSR count). The lowest BCUT2D eigenvalue weighted by atomic mass is 10.0. The molecular formula is C11H14O3. The zero-order valence-electron chi connectivity index (χ0n) is 7.90. The van der Waals surface area contributed by atoms with E-state index in [1.165, 1.54) is 6.07 Å². The first-order valence-corrected chi connectivity index (χ1v) is 4.82. The number of hydrogen-bond acceptors (Lipinski definition) is 3. The normalized spacial score (nSPS) is 18.1. The molecule has 76 valence electrons. The molecule has 0 amide bonds. The highest BCUT2D eigenvalue weighted by Gasteiger charge is 2.39. The Morgan fingerprint density at radius 3 is 2.50 bits per heavy atom. The minimum Gasteiger partial charge on any atom is -0.508 e. The van der Waals surface area contributed by atoms with Crippen molar-refractivity contribution in [3.05, 3.63) is 23.8 Å². The van der Waals surface area contributed by atoms with Gasteiger partial charge in [0.05, 0.1) is 5.60 Å². The predicted octanol–water partition coefficient (Wildman–Crippen LogP) is 1.56. The second kappa shape index (κ2) is 3.17. The second-order valence-corrected chi connectivity index (χ2v) is 4.04. The highest BCUT2D eigenvalue weighted by molar-refractivity contribution is 5.39. The van der Waals surface area contributed by atoms with Gasteiger partial charge in [0.2, 0.25) is 0 Å². The third-order valence-electron chi connectivity index (χ3n) is 2.76. The van der Waals surface area contributed by atoms with E-state index in [2.05, 4.69) is 0 Å². The number of aryl methyl sites for hydroxylation is 1. The van der Waals surface area contributed by atoms with Crippen LogP contribution in [0.4, 0.5) is 0 Å². The van der Waals surface area contributed by atoms with Crippen molar-refractivity contribution in [2.45, 2.75) is 31.3 Å². The summed E-state index contributed by atoms with van der Waals surface area (Å²) in [4.78, 5) is 0. The minimum atomic E-state index is -0.482. The minimum absolute atomic E-state index is 0.0661.